The van der Waals surface area contributed by atoms with Crippen molar-refractivity contribution in [2.24, 2.45) is 5.92 Å². The first-order chi connectivity index (χ1) is 15.2. The average Bonchev–Trinajstić information content (AvgIpc) is 3.74. The van der Waals surface area contributed by atoms with Crippen LogP contribution in [0.5, 0.6) is 0 Å². The van der Waals surface area contributed by atoms with Gasteiger partial charge in [0, 0.05) is 31.0 Å². The standard InChI is InChI=1S/C28H27NO2/c1-31-28(30)27-25(19-5-3-2-4-6-19)26(27)20-9-7-18(8-10-20)21-11-12-22-16-29(24-13-14-24)17-23(22)15-21/h2-12,15,24-27H,13-14,16-17H2,1H3/t25-,26-,27-/m1/s1. The SMILES string of the molecule is COC(=O)[C@@H]1[C@H](c2ccccc2)[C@H]1c1ccc(-c2ccc3c(c2)CN(C2CC2)C3)cc1. The zero-order valence-corrected chi connectivity index (χ0v) is 17.8. The van der Waals surface area contributed by atoms with Gasteiger partial charge in [0.1, 0.15) is 0 Å². The Bertz CT molecular complexity index is 1120. The molecule has 3 atom stereocenters. The zero-order valence-electron chi connectivity index (χ0n) is 17.8. The molecule has 0 spiro atoms. The number of hydrogen-bond acceptors (Lipinski definition) is 3. The van der Waals surface area contributed by atoms with E-state index in [4.69, 9.17) is 4.74 Å². The van der Waals surface area contributed by atoms with Crippen molar-refractivity contribution < 1.29 is 9.53 Å². The van der Waals surface area contributed by atoms with Crippen molar-refractivity contribution in [2.45, 2.75) is 43.8 Å². The number of hydrogen-bond donors (Lipinski definition) is 0. The van der Waals surface area contributed by atoms with Gasteiger partial charge in [0.05, 0.1) is 13.0 Å². The lowest BCUT2D eigenvalue weighted by molar-refractivity contribution is -0.142. The third-order valence-corrected chi connectivity index (χ3v) is 7.32. The Morgan fingerprint density at radius 3 is 2.13 bits per heavy atom. The van der Waals surface area contributed by atoms with E-state index in [0.29, 0.717) is 0 Å². The fraction of sp³-hybridized carbons (Fsp3) is 0.321. The van der Waals surface area contributed by atoms with Crippen molar-refractivity contribution in [2.75, 3.05) is 7.11 Å². The van der Waals surface area contributed by atoms with Crippen LogP contribution >= 0.6 is 0 Å². The summed E-state index contributed by atoms with van der Waals surface area (Å²) in [6.07, 6.45) is 2.72. The molecule has 1 aliphatic heterocycles. The lowest BCUT2D eigenvalue weighted by Crippen LogP contribution is -2.18. The monoisotopic (exact) mass is 409 g/mol. The summed E-state index contributed by atoms with van der Waals surface area (Å²) < 4.78 is 5.10. The van der Waals surface area contributed by atoms with Crippen LogP contribution in [0.3, 0.4) is 0 Å². The van der Waals surface area contributed by atoms with Gasteiger partial charge in [-0.15, -0.1) is 0 Å². The fourth-order valence-corrected chi connectivity index (χ4v) is 5.44. The fourth-order valence-electron chi connectivity index (χ4n) is 5.44. The van der Waals surface area contributed by atoms with Gasteiger partial charge in [-0.2, -0.15) is 0 Å². The molecule has 31 heavy (non-hydrogen) atoms. The first kappa shape index (κ1) is 18.8. The molecule has 3 aromatic rings. The molecule has 1 heterocycles. The van der Waals surface area contributed by atoms with Gasteiger partial charge in [-0.25, -0.2) is 0 Å². The largest absolute Gasteiger partial charge is 0.469 e. The average molecular weight is 410 g/mol. The van der Waals surface area contributed by atoms with E-state index in [1.165, 1.54) is 53.3 Å². The van der Waals surface area contributed by atoms with Gasteiger partial charge in [-0.1, -0.05) is 66.7 Å². The number of nitrogens with zero attached hydrogens (tertiary/aromatic N) is 1. The third-order valence-electron chi connectivity index (χ3n) is 7.32. The number of esters is 1. The lowest BCUT2D eigenvalue weighted by Gasteiger charge is -2.12. The van der Waals surface area contributed by atoms with Crippen molar-refractivity contribution in [3.8, 4) is 11.1 Å². The maximum Gasteiger partial charge on any atom is 0.309 e. The molecule has 0 radical (unpaired) electrons. The Balaban J connectivity index is 1.24. The molecule has 2 fully saturated rings. The number of ether oxygens (including phenoxy) is 1. The quantitative estimate of drug-likeness (QED) is 0.521. The molecule has 0 bridgehead atoms. The number of benzene rings is 3. The van der Waals surface area contributed by atoms with Gasteiger partial charge in [-0.05, 0) is 52.3 Å². The minimum absolute atomic E-state index is 0.0911. The van der Waals surface area contributed by atoms with Crippen LogP contribution in [-0.4, -0.2) is 24.0 Å². The predicted molar refractivity (Wildman–Crippen MR) is 122 cm³/mol. The van der Waals surface area contributed by atoms with Crippen LogP contribution < -0.4 is 0 Å². The van der Waals surface area contributed by atoms with Gasteiger partial charge >= 0.3 is 5.97 Å². The number of fused-ring (bicyclic) bond motifs is 1. The van der Waals surface area contributed by atoms with Crippen LogP contribution in [0.4, 0.5) is 0 Å². The molecule has 0 N–H and O–H groups in total. The van der Waals surface area contributed by atoms with Gasteiger partial charge in [0.2, 0.25) is 0 Å². The summed E-state index contributed by atoms with van der Waals surface area (Å²) >= 11 is 0. The van der Waals surface area contributed by atoms with Gasteiger partial charge < -0.3 is 4.74 Å². The smallest absolute Gasteiger partial charge is 0.309 e. The maximum atomic E-state index is 12.4. The van der Waals surface area contributed by atoms with Crippen LogP contribution in [0.25, 0.3) is 11.1 Å². The van der Waals surface area contributed by atoms with E-state index in [-0.39, 0.29) is 23.7 Å². The predicted octanol–water partition coefficient (Wildman–Crippen LogP) is 5.50. The highest BCUT2D eigenvalue weighted by Gasteiger charge is 2.56. The summed E-state index contributed by atoms with van der Waals surface area (Å²) in [6, 6.07) is 26.9. The summed E-state index contributed by atoms with van der Waals surface area (Å²) in [5.74, 6) is 0.192. The van der Waals surface area contributed by atoms with Crippen LogP contribution in [0, 0.1) is 5.92 Å². The molecule has 3 aliphatic rings. The van der Waals surface area contributed by atoms with E-state index in [9.17, 15) is 4.79 Å². The Kier molecular flexibility index (Phi) is 4.46. The summed E-state index contributed by atoms with van der Waals surface area (Å²) in [6.45, 7) is 2.20. The highest BCUT2D eigenvalue weighted by molar-refractivity contribution is 5.80. The van der Waals surface area contributed by atoms with Crippen molar-refractivity contribution in [3.63, 3.8) is 0 Å². The van der Waals surface area contributed by atoms with E-state index >= 15 is 0 Å². The van der Waals surface area contributed by atoms with Crippen LogP contribution in [-0.2, 0) is 22.6 Å². The molecule has 2 aliphatic carbocycles. The second kappa shape index (κ2) is 7.35. The van der Waals surface area contributed by atoms with E-state index in [0.717, 1.165) is 19.1 Å². The molecule has 3 nitrogen and oxygen atoms in total. The summed E-state index contributed by atoms with van der Waals surface area (Å²) in [4.78, 5) is 15.0. The molecular formula is C28H27NO2. The second-order valence-corrected chi connectivity index (χ2v) is 9.25. The maximum absolute atomic E-state index is 12.4. The molecule has 0 unspecified atom stereocenters. The molecule has 2 saturated carbocycles. The number of carbonyl (C=O) groups excluding carboxylic acids is 1. The van der Waals surface area contributed by atoms with Crippen molar-refractivity contribution in [1.29, 1.82) is 0 Å². The highest BCUT2D eigenvalue weighted by atomic mass is 16.5. The first-order valence-corrected chi connectivity index (χ1v) is 11.3. The molecule has 3 aromatic carbocycles. The Morgan fingerprint density at radius 1 is 0.806 bits per heavy atom. The third kappa shape index (κ3) is 3.37. The van der Waals surface area contributed by atoms with E-state index in [2.05, 4.69) is 59.5 Å². The lowest BCUT2D eigenvalue weighted by atomic mass is 9.98. The Morgan fingerprint density at radius 2 is 1.45 bits per heavy atom. The number of methoxy groups -OCH3 is 1. The molecule has 0 aromatic heterocycles. The molecule has 156 valence electrons. The van der Waals surface area contributed by atoms with Gasteiger partial charge in [0.25, 0.3) is 0 Å². The minimum Gasteiger partial charge on any atom is -0.469 e. The topological polar surface area (TPSA) is 29.5 Å². The van der Waals surface area contributed by atoms with Crippen molar-refractivity contribution in [3.05, 3.63) is 95.1 Å². The van der Waals surface area contributed by atoms with Crippen LogP contribution in [0.1, 0.15) is 46.9 Å². The molecule has 6 rings (SSSR count). The number of carbonyl (C=O) groups is 1. The van der Waals surface area contributed by atoms with E-state index in [1.807, 2.05) is 18.2 Å². The first-order valence-electron chi connectivity index (χ1n) is 11.3. The second-order valence-electron chi connectivity index (χ2n) is 9.25. The summed E-state index contributed by atoms with van der Waals surface area (Å²) in [5.41, 5.74) is 7.91. The van der Waals surface area contributed by atoms with Crippen LogP contribution in [0.15, 0.2) is 72.8 Å². The molecule has 0 amide bonds. The minimum atomic E-state index is -0.109. The number of rotatable bonds is 5. The molecular weight excluding hydrogens is 382 g/mol. The highest BCUT2D eigenvalue weighted by Crippen LogP contribution is 2.61. The normalized spacial score (nSPS) is 24.6. The van der Waals surface area contributed by atoms with Gasteiger partial charge in [0.15, 0.2) is 0 Å². The zero-order chi connectivity index (χ0) is 20.9. The molecule has 3 heteroatoms. The van der Waals surface area contributed by atoms with Gasteiger partial charge in [-0.3, -0.25) is 9.69 Å². The summed E-state index contributed by atoms with van der Waals surface area (Å²) in [5, 5.41) is 0. The Hall–Kier alpha value is -2.91. The molecule has 0 saturated heterocycles. The Labute approximate surface area is 183 Å². The van der Waals surface area contributed by atoms with Crippen molar-refractivity contribution in [1.82, 2.24) is 4.90 Å². The van der Waals surface area contributed by atoms with Crippen LogP contribution in [0.2, 0.25) is 0 Å². The van der Waals surface area contributed by atoms with E-state index < -0.39 is 0 Å². The summed E-state index contributed by atoms with van der Waals surface area (Å²) in [7, 11) is 1.49. The van der Waals surface area contributed by atoms with E-state index in [1.54, 1.807) is 0 Å². The van der Waals surface area contributed by atoms with Crippen molar-refractivity contribution >= 4 is 5.97 Å².